The molecule has 4 nitrogen and oxygen atoms in total. The zero-order valence-electron chi connectivity index (χ0n) is 9.96. The molecule has 0 spiro atoms. The van der Waals surface area contributed by atoms with Gasteiger partial charge in [0.1, 0.15) is 11.6 Å². The molecule has 1 saturated carbocycles. The SMILES string of the molecule is CCNc1ncc(F)cc1C(=O)NC1CC1C. The second kappa shape index (κ2) is 4.69. The van der Waals surface area contributed by atoms with E-state index >= 15 is 0 Å². The molecule has 1 aromatic heterocycles. The van der Waals surface area contributed by atoms with Gasteiger partial charge in [0.05, 0.1) is 11.8 Å². The molecule has 0 saturated heterocycles. The summed E-state index contributed by atoms with van der Waals surface area (Å²) in [6, 6.07) is 1.44. The lowest BCUT2D eigenvalue weighted by molar-refractivity contribution is 0.0949. The van der Waals surface area contributed by atoms with Crippen molar-refractivity contribution in [2.24, 2.45) is 5.92 Å². The van der Waals surface area contributed by atoms with Crippen molar-refractivity contribution in [3.63, 3.8) is 0 Å². The molecular weight excluding hydrogens is 221 g/mol. The summed E-state index contributed by atoms with van der Waals surface area (Å²) in [7, 11) is 0. The summed E-state index contributed by atoms with van der Waals surface area (Å²) in [6.07, 6.45) is 2.10. The van der Waals surface area contributed by atoms with Crippen LogP contribution < -0.4 is 10.6 Å². The zero-order valence-corrected chi connectivity index (χ0v) is 9.96. The smallest absolute Gasteiger partial charge is 0.255 e. The number of pyridine rings is 1. The average Bonchev–Trinajstić information content (AvgIpc) is 2.97. The predicted molar refractivity (Wildman–Crippen MR) is 63.4 cm³/mol. The van der Waals surface area contributed by atoms with Crippen molar-refractivity contribution in [3.05, 3.63) is 23.6 Å². The van der Waals surface area contributed by atoms with Crippen LogP contribution in [-0.2, 0) is 0 Å². The normalized spacial score (nSPS) is 22.1. The van der Waals surface area contributed by atoms with Gasteiger partial charge in [0.15, 0.2) is 0 Å². The van der Waals surface area contributed by atoms with Crippen molar-refractivity contribution in [3.8, 4) is 0 Å². The number of amides is 1. The number of anilines is 1. The standard InChI is InChI=1S/C12H16FN3O/c1-3-14-11-9(5-8(13)6-15-11)12(17)16-10-4-7(10)2/h5-7,10H,3-4H2,1-2H3,(H,14,15)(H,16,17). The largest absolute Gasteiger partial charge is 0.370 e. The van der Waals surface area contributed by atoms with Gasteiger partial charge in [-0.1, -0.05) is 6.92 Å². The highest BCUT2D eigenvalue weighted by Gasteiger charge is 2.34. The molecule has 1 fully saturated rings. The molecule has 2 N–H and O–H groups in total. The van der Waals surface area contributed by atoms with Gasteiger partial charge in [-0.25, -0.2) is 9.37 Å². The van der Waals surface area contributed by atoms with E-state index in [1.807, 2.05) is 6.92 Å². The third kappa shape index (κ3) is 2.72. The molecule has 5 heteroatoms. The molecule has 1 amide bonds. The Bertz CT molecular complexity index is 436. The zero-order chi connectivity index (χ0) is 12.4. The number of carbonyl (C=O) groups excluding carboxylic acids is 1. The average molecular weight is 237 g/mol. The highest BCUT2D eigenvalue weighted by Crippen LogP contribution is 2.29. The maximum atomic E-state index is 13.1. The van der Waals surface area contributed by atoms with Gasteiger partial charge in [-0.3, -0.25) is 4.79 Å². The molecule has 1 aliphatic carbocycles. The van der Waals surface area contributed by atoms with Crippen LogP contribution >= 0.6 is 0 Å². The summed E-state index contributed by atoms with van der Waals surface area (Å²) >= 11 is 0. The van der Waals surface area contributed by atoms with Crippen LogP contribution in [0, 0.1) is 11.7 Å². The minimum atomic E-state index is -0.499. The summed E-state index contributed by atoms with van der Waals surface area (Å²) in [5.41, 5.74) is 0.269. The Labute approximate surface area is 99.6 Å². The van der Waals surface area contributed by atoms with Gasteiger partial charge in [0, 0.05) is 12.6 Å². The quantitative estimate of drug-likeness (QED) is 0.839. The van der Waals surface area contributed by atoms with Crippen LogP contribution in [0.3, 0.4) is 0 Å². The monoisotopic (exact) mass is 237 g/mol. The highest BCUT2D eigenvalue weighted by molar-refractivity contribution is 5.99. The summed E-state index contributed by atoms with van der Waals surface area (Å²) in [6.45, 7) is 4.61. The van der Waals surface area contributed by atoms with Crippen LogP contribution in [0.25, 0.3) is 0 Å². The molecule has 0 aliphatic heterocycles. The molecule has 2 atom stereocenters. The van der Waals surface area contributed by atoms with Crippen molar-refractivity contribution < 1.29 is 9.18 Å². The van der Waals surface area contributed by atoms with Crippen molar-refractivity contribution in [2.45, 2.75) is 26.3 Å². The van der Waals surface area contributed by atoms with E-state index in [1.54, 1.807) is 0 Å². The van der Waals surface area contributed by atoms with E-state index in [2.05, 4.69) is 22.5 Å². The molecule has 1 aromatic rings. The number of hydrogen-bond donors (Lipinski definition) is 2. The molecule has 2 unspecified atom stereocenters. The molecule has 0 bridgehead atoms. The van der Waals surface area contributed by atoms with Gasteiger partial charge >= 0.3 is 0 Å². The summed E-state index contributed by atoms with van der Waals surface area (Å²) in [5, 5.41) is 5.81. The lowest BCUT2D eigenvalue weighted by atomic mass is 10.2. The van der Waals surface area contributed by atoms with E-state index in [9.17, 15) is 9.18 Å². The fourth-order valence-corrected chi connectivity index (χ4v) is 1.69. The van der Waals surface area contributed by atoms with E-state index in [4.69, 9.17) is 0 Å². The fourth-order valence-electron chi connectivity index (χ4n) is 1.69. The van der Waals surface area contributed by atoms with Gasteiger partial charge in [0.25, 0.3) is 5.91 Å². The van der Waals surface area contributed by atoms with Gasteiger partial charge in [-0.05, 0) is 25.3 Å². The number of hydrogen-bond acceptors (Lipinski definition) is 3. The Morgan fingerprint density at radius 1 is 1.65 bits per heavy atom. The van der Waals surface area contributed by atoms with Crippen LogP contribution in [0.4, 0.5) is 10.2 Å². The third-order valence-corrected chi connectivity index (χ3v) is 2.87. The van der Waals surface area contributed by atoms with E-state index in [-0.39, 0.29) is 17.5 Å². The first kappa shape index (κ1) is 11.8. The van der Waals surface area contributed by atoms with E-state index in [0.29, 0.717) is 18.3 Å². The third-order valence-electron chi connectivity index (χ3n) is 2.87. The molecule has 1 heterocycles. The van der Waals surface area contributed by atoms with Crippen LogP contribution in [-0.4, -0.2) is 23.5 Å². The topological polar surface area (TPSA) is 54.0 Å². The fraction of sp³-hybridized carbons (Fsp3) is 0.500. The minimum Gasteiger partial charge on any atom is -0.370 e. The molecule has 1 aliphatic rings. The predicted octanol–water partition coefficient (Wildman–Crippen LogP) is 1.79. The van der Waals surface area contributed by atoms with Gasteiger partial charge < -0.3 is 10.6 Å². The molecule has 2 rings (SSSR count). The van der Waals surface area contributed by atoms with Gasteiger partial charge in [0.2, 0.25) is 0 Å². The first-order chi connectivity index (χ1) is 8.11. The number of halogens is 1. The molecular formula is C12H16FN3O. The Hall–Kier alpha value is -1.65. The Kier molecular flexibility index (Phi) is 3.26. The first-order valence-electron chi connectivity index (χ1n) is 5.82. The van der Waals surface area contributed by atoms with Crippen LogP contribution in [0.2, 0.25) is 0 Å². The maximum absolute atomic E-state index is 13.1. The van der Waals surface area contributed by atoms with E-state index < -0.39 is 5.82 Å². The molecule has 92 valence electrons. The Morgan fingerprint density at radius 3 is 2.94 bits per heavy atom. The number of nitrogens with one attached hydrogen (secondary N) is 2. The van der Waals surface area contributed by atoms with Crippen molar-refractivity contribution in [1.29, 1.82) is 0 Å². The Morgan fingerprint density at radius 2 is 2.35 bits per heavy atom. The molecule has 0 aromatic carbocycles. The summed E-state index contributed by atoms with van der Waals surface area (Å²) < 4.78 is 13.1. The van der Waals surface area contributed by atoms with E-state index in [0.717, 1.165) is 12.6 Å². The highest BCUT2D eigenvalue weighted by atomic mass is 19.1. The summed E-state index contributed by atoms with van der Waals surface area (Å²) in [5.74, 6) is 0.186. The second-order valence-corrected chi connectivity index (χ2v) is 4.37. The van der Waals surface area contributed by atoms with Crippen LogP contribution in [0.15, 0.2) is 12.3 Å². The number of nitrogens with zero attached hydrogens (tertiary/aromatic N) is 1. The van der Waals surface area contributed by atoms with Crippen molar-refractivity contribution in [2.75, 3.05) is 11.9 Å². The van der Waals surface area contributed by atoms with Gasteiger partial charge in [-0.2, -0.15) is 0 Å². The van der Waals surface area contributed by atoms with E-state index in [1.165, 1.54) is 6.07 Å². The number of aromatic nitrogens is 1. The second-order valence-electron chi connectivity index (χ2n) is 4.37. The maximum Gasteiger partial charge on any atom is 0.255 e. The van der Waals surface area contributed by atoms with Crippen molar-refractivity contribution >= 4 is 11.7 Å². The molecule has 0 radical (unpaired) electrons. The van der Waals surface area contributed by atoms with Gasteiger partial charge in [-0.15, -0.1) is 0 Å². The molecule has 17 heavy (non-hydrogen) atoms. The minimum absolute atomic E-state index is 0.222. The lowest BCUT2D eigenvalue weighted by Crippen LogP contribution is -2.27. The Balaban J connectivity index is 2.16. The van der Waals surface area contributed by atoms with Crippen LogP contribution in [0.1, 0.15) is 30.6 Å². The van der Waals surface area contributed by atoms with Crippen LogP contribution in [0.5, 0.6) is 0 Å². The lowest BCUT2D eigenvalue weighted by Gasteiger charge is -2.09. The van der Waals surface area contributed by atoms with Crippen molar-refractivity contribution in [1.82, 2.24) is 10.3 Å². The number of carbonyl (C=O) groups is 1. The summed E-state index contributed by atoms with van der Waals surface area (Å²) in [4.78, 5) is 15.8. The number of rotatable bonds is 4. The first-order valence-corrected chi connectivity index (χ1v) is 5.82.